The SMILES string of the molecule is CCOc1nn(-c2ccccc2)c(NC(=O)NC2CN(CCOC)CC2c2ccc(F)cc2)c1C. The third-order valence-electron chi connectivity index (χ3n) is 6.21. The second-order valence-corrected chi connectivity index (χ2v) is 8.57. The average molecular weight is 482 g/mol. The van der Waals surface area contributed by atoms with Crippen molar-refractivity contribution in [3.05, 3.63) is 71.5 Å². The number of nitrogens with zero attached hydrogens (tertiary/aromatic N) is 3. The fourth-order valence-electron chi connectivity index (χ4n) is 4.45. The summed E-state index contributed by atoms with van der Waals surface area (Å²) in [4.78, 5) is 15.5. The summed E-state index contributed by atoms with van der Waals surface area (Å²) in [5.41, 5.74) is 2.54. The van der Waals surface area contributed by atoms with Crippen LogP contribution in [0, 0.1) is 12.7 Å². The van der Waals surface area contributed by atoms with Gasteiger partial charge in [0.05, 0.1) is 30.5 Å². The quantitative estimate of drug-likeness (QED) is 0.484. The number of ether oxygens (including phenoxy) is 2. The Bertz CT molecular complexity index is 1120. The number of rotatable bonds is 9. The molecule has 1 aliphatic rings. The van der Waals surface area contributed by atoms with E-state index in [1.54, 1.807) is 23.9 Å². The van der Waals surface area contributed by atoms with Crippen molar-refractivity contribution in [3.63, 3.8) is 0 Å². The number of urea groups is 1. The number of hydrogen-bond donors (Lipinski definition) is 2. The maximum atomic E-state index is 13.5. The van der Waals surface area contributed by atoms with Crippen LogP contribution in [-0.2, 0) is 4.74 Å². The Kier molecular flexibility index (Phi) is 7.99. The predicted octanol–water partition coefficient (Wildman–Crippen LogP) is 3.95. The van der Waals surface area contributed by atoms with Crippen LogP contribution in [-0.4, -0.2) is 66.7 Å². The molecule has 2 amide bonds. The Morgan fingerprint density at radius 2 is 1.89 bits per heavy atom. The summed E-state index contributed by atoms with van der Waals surface area (Å²) < 4.78 is 26.1. The summed E-state index contributed by atoms with van der Waals surface area (Å²) in [5.74, 6) is 0.768. The second-order valence-electron chi connectivity index (χ2n) is 8.57. The Morgan fingerprint density at radius 1 is 1.14 bits per heavy atom. The number of likely N-dealkylation sites (tertiary alicyclic amines) is 1. The van der Waals surface area contributed by atoms with Gasteiger partial charge >= 0.3 is 6.03 Å². The summed E-state index contributed by atoms with van der Waals surface area (Å²) in [6, 6.07) is 15.6. The minimum absolute atomic E-state index is 0.0253. The lowest BCUT2D eigenvalue weighted by molar-refractivity contribution is 0.159. The fraction of sp³-hybridized carbons (Fsp3) is 0.385. The Hall–Kier alpha value is -3.43. The van der Waals surface area contributed by atoms with Crippen LogP contribution in [0.5, 0.6) is 5.88 Å². The highest BCUT2D eigenvalue weighted by Gasteiger charge is 2.35. The molecule has 8 nitrogen and oxygen atoms in total. The molecule has 2 heterocycles. The summed E-state index contributed by atoms with van der Waals surface area (Å²) in [6.07, 6.45) is 0. The lowest BCUT2D eigenvalue weighted by Gasteiger charge is -2.21. The zero-order valence-corrected chi connectivity index (χ0v) is 20.3. The molecule has 2 unspecified atom stereocenters. The molecule has 9 heteroatoms. The van der Waals surface area contributed by atoms with Crippen molar-refractivity contribution in [3.8, 4) is 11.6 Å². The molecule has 0 bridgehead atoms. The molecule has 4 rings (SSSR count). The predicted molar refractivity (Wildman–Crippen MR) is 133 cm³/mol. The average Bonchev–Trinajstić information content (AvgIpc) is 3.40. The molecule has 1 aromatic heterocycles. The first-order valence-electron chi connectivity index (χ1n) is 11.8. The van der Waals surface area contributed by atoms with Gasteiger partial charge in [0, 0.05) is 32.7 Å². The van der Waals surface area contributed by atoms with Crippen molar-refractivity contribution in [1.29, 1.82) is 0 Å². The van der Waals surface area contributed by atoms with E-state index in [9.17, 15) is 9.18 Å². The summed E-state index contributed by atoms with van der Waals surface area (Å²) in [5, 5.41) is 10.7. The third kappa shape index (κ3) is 5.80. The molecule has 2 aromatic carbocycles. The van der Waals surface area contributed by atoms with Crippen molar-refractivity contribution in [2.24, 2.45) is 0 Å². The zero-order valence-electron chi connectivity index (χ0n) is 20.3. The normalized spacial score (nSPS) is 17.9. The minimum Gasteiger partial charge on any atom is -0.477 e. The maximum absolute atomic E-state index is 13.5. The van der Waals surface area contributed by atoms with Gasteiger partial charge in [0.15, 0.2) is 0 Å². The van der Waals surface area contributed by atoms with E-state index in [4.69, 9.17) is 9.47 Å². The summed E-state index contributed by atoms with van der Waals surface area (Å²) in [6.45, 7) is 7.00. The topological polar surface area (TPSA) is 80.6 Å². The number of carbonyl (C=O) groups is 1. The van der Waals surface area contributed by atoms with Gasteiger partial charge in [0.2, 0.25) is 5.88 Å². The number of hydrogen-bond acceptors (Lipinski definition) is 5. The van der Waals surface area contributed by atoms with Gasteiger partial charge in [0.25, 0.3) is 0 Å². The van der Waals surface area contributed by atoms with Crippen molar-refractivity contribution in [1.82, 2.24) is 20.0 Å². The molecule has 186 valence electrons. The molecule has 1 aliphatic heterocycles. The first-order chi connectivity index (χ1) is 17.0. The van der Waals surface area contributed by atoms with Gasteiger partial charge in [-0.3, -0.25) is 10.2 Å². The molecule has 0 radical (unpaired) electrons. The van der Waals surface area contributed by atoms with Crippen LogP contribution >= 0.6 is 0 Å². The largest absolute Gasteiger partial charge is 0.477 e. The highest BCUT2D eigenvalue weighted by atomic mass is 19.1. The van der Waals surface area contributed by atoms with Crippen molar-refractivity contribution in [2.45, 2.75) is 25.8 Å². The number of halogens is 1. The number of methoxy groups -OCH3 is 1. The molecule has 0 aliphatic carbocycles. The molecule has 35 heavy (non-hydrogen) atoms. The van der Waals surface area contributed by atoms with Crippen molar-refractivity contribution >= 4 is 11.8 Å². The van der Waals surface area contributed by atoms with Gasteiger partial charge in [-0.05, 0) is 43.7 Å². The Labute approximate surface area is 205 Å². The molecule has 1 saturated heterocycles. The number of para-hydroxylation sites is 1. The van der Waals surface area contributed by atoms with E-state index in [0.717, 1.165) is 29.9 Å². The highest BCUT2D eigenvalue weighted by molar-refractivity contribution is 5.90. The van der Waals surface area contributed by atoms with Crippen LogP contribution in [0.25, 0.3) is 5.69 Å². The Morgan fingerprint density at radius 3 is 2.57 bits per heavy atom. The maximum Gasteiger partial charge on any atom is 0.320 e. The van der Waals surface area contributed by atoms with E-state index in [-0.39, 0.29) is 23.8 Å². The lowest BCUT2D eigenvalue weighted by Crippen LogP contribution is -2.42. The van der Waals surface area contributed by atoms with Crippen LogP contribution in [0.2, 0.25) is 0 Å². The molecule has 1 fully saturated rings. The molecule has 3 aromatic rings. The van der Waals surface area contributed by atoms with Gasteiger partial charge < -0.3 is 14.8 Å². The van der Waals surface area contributed by atoms with Gasteiger partial charge in [-0.2, -0.15) is 0 Å². The van der Waals surface area contributed by atoms with Gasteiger partial charge in [-0.1, -0.05) is 30.3 Å². The van der Waals surface area contributed by atoms with E-state index < -0.39 is 0 Å². The summed E-state index contributed by atoms with van der Waals surface area (Å²) >= 11 is 0. The smallest absolute Gasteiger partial charge is 0.320 e. The van der Waals surface area contributed by atoms with E-state index >= 15 is 0 Å². The monoisotopic (exact) mass is 481 g/mol. The zero-order chi connectivity index (χ0) is 24.8. The molecular weight excluding hydrogens is 449 g/mol. The minimum atomic E-state index is -0.334. The first-order valence-corrected chi connectivity index (χ1v) is 11.8. The molecule has 0 saturated carbocycles. The summed E-state index contributed by atoms with van der Waals surface area (Å²) in [7, 11) is 1.67. The van der Waals surface area contributed by atoms with E-state index in [0.29, 0.717) is 31.5 Å². The number of nitrogens with one attached hydrogen (secondary N) is 2. The van der Waals surface area contributed by atoms with E-state index in [2.05, 4.69) is 20.6 Å². The van der Waals surface area contributed by atoms with Crippen LogP contribution < -0.4 is 15.4 Å². The van der Waals surface area contributed by atoms with Crippen LogP contribution in [0.15, 0.2) is 54.6 Å². The lowest BCUT2D eigenvalue weighted by atomic mass is 9.94. The Balaban J connectivity index is 1.55. The second kappa shape index (κ2) is 11.3. The van der Waals surface area contributed by atoms with Crippen molar-refractivity contribution < 1.29 is 18.7 Å². The molecular formula is C26H32FN5O3. The molecule has 0 spiro atoms. The number of benzene rings is 2. The van der Waals surface area contributed by atoms with Gasteiger partial charge in [0.1, 0.15) is 11.6 Å². The number of aromatic nitrogens is 2. The number of carbonyl (C=O) groups excluding carboxylic acids is 1. The third-order valence-corrected chi connectivity index (χ3v) is 6.21. The molecule has 2 N–H and O–H groups in total. The first kappa shape index (κ1) is 24.7. The van der Waals surface area contributed by atoms with Crippen LogP contribution in [0.1, 0.15) is 24.0 Å². The highest BCUT2D eigenvalue weighted by Crippen LogP contribution is 2.30. The number of amides is 2. The van der Waals surface area contributed by atoms with E-state index in [1.807, 2.05) is 44.2 Å². The van der Waals surface area contributed by atoms with E-state index in [1.165, 1.54) is 12.1 Å². The van der Waals surface area contributed by atoms with Crippen molar-refractivity contribution in [2.75, 3.05) is 45.3 Å². The standard InChI is InChI=1S/C26H32FN5O3/c1-4-35-25-18(2)24(32(30-25)21-8-6-5-7-9-21)29-26(33)28-23-17-31(14-15-34-3)16-22(23)19-10-12-20(27)13-11-19/h5-13,22-23H,4,14-17H2,1-3H3,(H2,28,29,33). The van der Waals surface area contributed by atoms with Gasteiger partial charge in [-0.15, -0.1) is 5.10 Å². The fourth-order valence-corrected chi connectivity index (χ4v) is 4.45. The van der Waals surface area contributed by atoms with Crippen LogP contribution in [0.4, 0.5) is 15.0 Å². The van der Waals surface area contributed by atoms with Crippen LogP contribution in [0.3, 0.4) is 0 Å². The molecule has 2 atom stereocenters. The van der Waals surface area contributed by atoms with Gasteiger partial charge in [-0.25, -0.2) is 13.9 Å². The number of anilines is 1.